The second-order valence-electron chi connectivity index (χ2n) is 11.5. The smallest absolute Gasteiger partial charge is 0.143 e. The molecule has 1 heterocycles. The first-order valence-electron chi connectivity index (χ1n) is 18.4. The van der Waals surface area contributed by atoms with Gasteiger partial charge in [-0.25, -0.2) is 0 Å². The Morgan fingerprint density at radius 3 is 1.80 bits per heavy atom. The van der Waals surface area contributed by atoms with E-state index < -0.39 is 12.1 Å². The molecule has 0 fully saturated rings. The van der Waals surface area contributed by atoms with Gasteiger partial charge < -0.3 is 4.42 Å². The molecule has 0 aliphatic rings. The van der Waals surface area contributed by atoms with Gasteiger partial charge in [-0.3, -0.25) is 0 Å². The maximum atomic E-state index is 9.07. The van der Waals surface area contributed by atoms with E-state index in [-0.39, 0.29) is 46.5 Å². The molecule has 0 atom stereocenters. The molecule has 10 rings (SSSR count). The molecular weight excluding hydrogens is 544 g/mol. The highest BCUT2D eigenvalue weighted by atomic mass is 16.3. The van der Waals surface area contributed by atoms with Crippen LogP contribution < -0.4 is 0 Å². The molecule has 0 bridgehead atoms. The van der Waals surface area contributed by atoms with Crippen LogP contribution in [0.15, 0.2) is 162 Å². The fraction of sp³-hybridized carbons (Fsp3) is 0. The third-order valence-corrected chi connectivity index (χ3v) is 9.15. The third kappa shape index (κ3) is 3.50. The number of benzene rings is 9. The van der Waals surface area contributed by atoms with Gasteiger partial charge in [-0.15, -0.1) is 0 Å². The Morgan fingerprint density at radius 2 is 1.00 bits per heavy atom. The first-order chi connectivity index (χ1) is 25.2. The van der Waals surface area contributed by atoms with Gasteiger partial charge in [-0.05, 0) is 83.0 Å². The van der Waals surface area contributed by atoms with Crippen molar-refractivity contribution in [2.75, 3.05) is 0 Å². The Bertz CT molecular complexity index is 3140. The fourth-order valence-corrected chi connectivity index (χ4v) is 7.17. The molecule has 0 saturated heterocycles. The van der Waals surface area contributed by atoms with Gasteiger partial charge in [-0.1, -0.05) is 145 Å². The average molecular weight is 578 g/mol. The molecule has 0 aliphatic carbocycles. The molecule has 45 heavy (non-hydrogen) atoms. The van der Waals surface area contributed by atoms with E-state index >= 15 is 0 Å². The first-order valence-corrected chi connectivity index (χ1v) is 14.9. The topological polar surface area (TPSA) is 13.1 Å². The summed E-state index contributed by atoms with van der Waals surface area (Å²) in [4.78, 5) is 0. The number of rotatable bonds is 3. The molecule has 1 nitrogen and oxygen atoms in total. The van der Waals surface area contributed by atoms with E-state index in [0.29, 0.717) is 5.56 Å². The van der Waals surface area contributed by atoms with Crippen LogP contribution in [-0.2, 0) is 0 Å². The highest BCUT2D eigenvalue weighted by Crippen LogP contribution is 2.47. The van der Waals surface area contributed by atoms with E-state index in [4.69, 9.17) is 14.0 Å². The zero-order chi connectivity index (χ0) is 35.6. The molecule has 208 valence electrons. The van der Waals surface area contributed by atoms with Crippen molar-refractivity contribution < 1.29 is 14.0 Å². The van der Waals surface area contributed by atoms with Crippen LogP contribution in [0, 0.1) is 0 Å². The minimum absolute atomic E-state index is 0.0507. The van der Waals surface area contributed by atoms with E-state index in [2.05, 4.69) is 54.6 Å². The van der Waals surface area contributed by atoms with Gasteiger partial charge in [-0.2, -0.15) is 0 Å². The van der Waals surface area contributed by atoms with Crippen molar-refractivity contribution in [1.82, 2.24) is 0 Å². The maximum absolute atomic E-state index is 9.07. The van der Waals surface area contributed by atoms with Gasteiger partial charge in [0.15, 0.2) is 0 Å². The summed E-state index contributed by atoms with van der Waals surface area (Å²) in [5.41, 5.74) is 6.60. The number of para-hydroxylation sites is 1. The van der Waals surface area contributed by atoms with E-state index in [1.165, 1.54) is 0 Å². The molecule has 0 radical (unpaired) electrons. The molecule has 9 aromatic carbocycles. The molecule has 0 unspecified atom stereocenters. The maximum Gasteiger partial charge on any atom is 0.143 e. The van der Waals surface area contributed by atoms with Gasteiger partial charge in [0.2, 0.25) is 0 Å². The highest BCUT2D eigenvalue weighted by Gasteiger charge is 2.20. The molecule has 1 aromatic heterocycles. The van der Waals surface area contributed by atoms with Crippen molar-refractivity contribution in [3.63, 3.8) is 0 Å². The summed E-state index contributed by atoms with van der Waals surface area (Å²) in [5.74, 6) is 0. The molecular formula is C44H26O. The Hall–Kier alpha value is -5.92. The molecule has 0 N–H and O–H groups in total. The predicted molar refractivity (Wildman–Crippen MR) is 191 cm³/mol. The highest BCUT2D eigenvalue weighted by molar-refractivity contribution is 6.29. The zero-order valence-electron chi connectivity index (χ0n) is 30.9. The van der Waals surface area contributed by atoms with E-state index in [1.54, 1.807) is 0 Å². The monoisotopic (exact) mass is 577 g/mol. The number of fused-ring (bicyclic) bond motifs is 4. The quantitative estimate of drug-likeness (QED) is 0.190. The molecule has 10 aromatic rings. The van der Waals surface area contributed by atoms with Gasteiger partial charge in [0.05, 0.1) is 9.60 Å². The summed E-state index contributed by atoms with van der Waals surface area (Å²) in [5, 5.41) is 7.93. The summed E-state index contributed by atoms with van der Waals surface area (Å²) < 4.78 is 67.2. The largest absolute Gasteiger partial charge is 0.455 e. The minimum atomic E-state index is -0.465. The molecule has 1 heteroatoms. The second kappa shape index (κ2) is 9.29. The lowest BCUT2D eigenvalue weighted by molar-refractivity contribution is 0.670. The van der Waals surface area contributed by atoms with Crippen molar-refractivity contribution in [1.29, 1.82) is 0 Å². The molecule has 0 aliphatic heterocycles. The van der Waals surface area contributed by atoms with Gasteiger partial charge in [0, 0.05) is 16.3 Å². The van der Waals surface area contributed by atoms with Crippen molar-refractivity contribution >= 4 is 65.0 Å². The Labute approximate surface area is 269 Å². The summed E-state index contributed by atoms with van der Waals surface area (Å²) in [6.45, 7) is 0. The zero-order valence-corrected chi connectivity index (χ0v) is 23.9. The van der Waals surface area contributed by atoms with Gasteiger partial charge in [0.25, 0.3) is 0 Å². The van der Waals surface area contributed by atoms with Gasteiger partial charge >= 0.3 is 0 Å². The number of hydrogen-bond acceptors (Lipinski definition) is 1. The van der Waals surface area contributed by atoms with Crippen LogP contribution in [0.25, 0.3) is 98.4 Å². The summed E-state index contributed by atoms with van der Waals surface area (Å²) >= 11 is 0. The number of furan rings is 1. The van der Waals surface area contributed by atoms with Crippen LogP contribution in [0.1, 0.15) is 9.60 Å². The predicted octanol–water partition coefficient (Wildman–Crippen LogP) is 12.6. The fourth-order valence-electron chi connectivity index (χ4n) is 7.17. The van der Waals surface area contributed by atoms with Crippen LogP contribution in [0.5, 0.6) is 0 Å². The van der Waals surface area contributed by atoms with Crippen molar-refractivity contribution in [3.05, 3.63) is 158 Å². The van der Waals surface area contributed by atoms with Crippen molar-refractivity contribution in [3.8, 4) is 33.4 Å². The van der Waals surface area contributed by atoms with Crippen molar-refractivity contribution in [2.45, 2.75) is 0 Å². The van der Waals surface area contributed by atoms with Gasteiger partial charge in [0.1, 0.15) is 11.2 Å². The minimum Gasteiger partial charge on any atom is -0.455 e. The van der Waals surface area contributed by atoms with E-state index in [9.17, 15) is 0 Å². The van der Waals surface area contributed by atoms with Crippen LogP contribution in [-0.4, -0.2) is 0 Å². The van der Waals surface area contributed by atoms with Crippen LogP contribution >= 0.6 is 0 Å². The Morgan fingerprint density at radius 1 is 0.378 bits per heavy atom. The SMILES string of the molecule is [2H]c1c([2H])c([2H])c2c(-c3ccc4ccc5c(-c6ccc(-c7ccccc7)c7oc8ccccc8c67)ccc6ccc3c4c65)c([2H])c([2H])c([2H])c2c1[2H]. The standard InChI is InChI=1S/C44H26O/c1-2-9-28(10-3-1)32-25-26-38(43-39-14-6-7-16-40(39)45-44(32)43)35-22-18-30-19-23-36-34(21-17-29-20-24-37(35)42(30)41(29)36)33-15-8-12-27-11-4-5-13-31(27)33/h1-26H/i4D,5D,8D,11D,12D,13D,15D. The van der Waals surface area contributed by atoms with Crippen LogP contribution in [0.4, 0.5) is 0 Å². The molecule has 0 saturated carbocycles. The van der Waals surface area contributed by atoms with Crippen molar-refractivity contribution in [2.24, 2.45) is 0 Å². The second-order valence-corrected chi connectivity index (χ2v) is 11.5. The lowest BCUT2D eigenvalue weighted by Crippen LogP contribution is -1.90. The lowest BCUT2D eigenvalue weighted by atomic mass is 9.85. The van der Waals surface area contributed by atoms with E-state index in [1.807, 2.05) is 60.7 Å². The first kappa shape index (κ1) is 18.7. The lowest BCUT2D eigenvalue weighted by Gasteiger charge is -2.18. The van der Waals surface area contributed by atoms with Crippen LogP contribution in [0.2, 0.25) is 0 Å². The van der Waals surface area contributed by atoms with E-state index in [0.717, 1.165) is 76.5 Å². The van der Waals surface area contributed by atoms with Crippen LogP contribution in [0.3, 0.4) is 0 Å². The molecule has 0 spiro atoms. The molecule has 0 amide bonds. The summed E-state index contributed by atoms with van der Waals surface area (Å²) in [6, 6.07) is 36.4. The normalized spacial score (nSPS) is 14.2. The third-order valence-electron chi connectivity index (χ3n) is 9.15. The Balaban J connectivity index is 1.30. The summed E-state index contributed by atoms with van der Waals surface area (Å²) in [6.07, 6.45) is 0. The Kier molecular flexibility index (Phi) is 3.86. The number of hydrogen-bond donors (Lipinski definition) is 0. The summed E-state index contributed by atoms with van der Waals surface area (Å²) in [7, 11) is 0. The average Bonchev–Trinajstić information content (AvgIpc) is 3.57.